The van der Waals surface area contributed by atoms with E-state index in [0.29, 0.717) is 0 Å². The molecule has 1 atom stereocenters. The van der Waals surface area contributed by atoms with Crippen molar-refractivity contribution < 1.29 is 9.53 Å². The van der Waals surface area contributed by atoms with Gasteiger partial charge in [-0.3, -0.25) is 4.79 Å². The van der Waals surface area contributed by atoms with Crippen molar-refractivity contribution in [2.45, 2.75) is 31.9 Å². The number of carbonyl (C=O) groups excluding carboxylic acids is 1. The molecular formula is C8H16N2O2. The quantitative estimate of drug-likeness (QED) is 0.610. The van der Waals surface area contributed by atoms with Gasteiger partial charge in [0.05, 0.1) is 6.10 Å². The first-order chi connectivity index (χ1) is 5.52. The zero-order valence-corrected chi connectivity index (χ0v) is 7.59. The summed E-state index contributed by atoms with van der Waals surface area (Å²) in [7, 11) is 0. The fourth-order valence-electron chi connectivity index (χ4n) is 1.47. The maximum Gasteiger partial charge on any atom is 0.243 e. The second-order valence-electron chi connectivity index (χ2n) is 3.70. The molecule has 0 bridgehead atoms. The average Bonchev–Trinajstić information content (AvgIpc) is 2.25. The Balaban J connectivity index is 2.36. The van der Waals surface area contributed by atoms with Crippen molar-refractivity contribution >= 4 is 5.91 Å². The van der Waals surface area contributed by atoms with E-state index in [1.165, 1.54) is 0 Å². The van der Waals surface area contributed by atoms with Crippen molar-refractivity contribution in [1.29, 1.82) is 0 Å². The summed E-state index contributed by atoms with van der Waals surface area (Å²) in [5.74, 6) is -0.405. The number of primary amides is 1. The lowest BCUT2D eigenvalue weighted by molar-refractivity contribution is -0.125. The van der Waals surface area contributed by atoms with Gasteiger partial charge in [0, 0.05) is 5.54 Å². The van der Waals surface area contributed by atoms with Gasteiger partial charge in [0.25, 0.3) is 0 Å². The Labute approximate surface area is 72.5 Å². The van der Waals surface area contributed by atoms with E-state index in [0.717, 1.165) is 13.0 Å². The minimum absolute atomic E-state index is 0.0236. The molecule has 1 amide bonds. The van der Waals surface area contributed by atoms with Gasteiger partial charge in [-0.05, 0) is 26.8 Å². The number of rotatable bonds is 3. The van der Waals surface area contributed by atoms with Crippen LogP contribution in [0.2, 0.25) is 0 Å². The van der Waals surface area contributed by atoms with Gasteiger partial charge in [-0.25, -0.2) is 0 Å². The summed E-state index contributed by atoms with van der Waals surface area (Å²) in [5.41, 5.74) is 4.94. The molecule has 1 saturated heterocycles. The summed E-state index contributed by atoms with van der Waals surface area (Å²) >= 11 is 0. The van der Waals surface area contributed by atoms with Crippen LogP contribution in [0.4, 0.5) is 0 Å². The molecule has 1 aliphatic heterocycles. The van der Waals surface area contributed by atoms with Crippen LogP contribution in [0.1, 0.15) is 20.3 Å². The van der Waals surface area contributed by atoms with E-state index in [1.807, 2.05) is 0 Å². The van der Waals surface area contributed by atoms with E-state index >= 15 is 0 Å². The summed E-state index contributed by atoms with van der Waals surface area (Å²) in [6, 6.07) is 0. The molecule has 0 radical (unpaired) electrons. The zero-order chi connectivity index (χ0) is 9.19. The Bertz CT molecular complexity index is 180. The Kier molecular flexibility index (Phi) is 2.69. The molecular weight excluding hydrogens is 156 g/mol. The third-order valence-electron chi connectivity index (χ3n) is 2.22. The van der Waals surface area contributed by atoms with E-state index in [2.05, 4.69) is 19.2 Å². The lowest BCUT2D eigenvalue weighted by atomic mass is 10.0. The molecule has 3 N–H and O–H groups in total. The summed E-state index contributed by atoms with van der Waals surface area (Å²) < 4.78 is 5.34. The molecule has 70 valence electrons. The third kappa shape index (κ3) is 2.19. The average molecular weight is 172 g/mol. The van der Waals surface area contributed by atoms with Crippen LogP contribution in [0.25, 0.3) is 0 Å². The molecule has 0 aromatic carbocycles. The fraction of sp³-hybridized carbons (Fsp3) is 0.875. The first-order valence-electron chi connectivity index (χ1n) is 4.17. The van der Waals surface area contributed by atoms with Gasteiger partial charge in [-0.15, -0.1) is 0 Å². The number of ether oxygens (including phenoxy) is 1. The maximum atomic E-state index is 10.4. The predicted octanol–water partition coefficient (Wildman–Crippen LogP) is -0.371. The number of nitrogens with two attached hydrogens (primary N) is 1. The highest BCUT2D eigenvalue weighted by atomic mass is 16.5. The molecule has 1 fully saturated rings. The van der Waals surface area contributed by atoms with Gasteiger partial charge in [-0.2, -0.15) is 0 Å². The molecule has 1 aliphatic rings. The minimum Gasteiger partial charge on any atom is -0.368 e. The van der Waals surface area contributed by atoms with Crippen molar-refractivity contribution in [2.75, 3.05) is 13.2 Å². The van der Waals surface area contributed by atoms with Gasteiger partial charge >= 0.3 is 0 Å². The van der Waals surface area contributed by atoms with Gasteiger partial charge in [0.15, 0.2) is 0 Å². The second-order valence-corrected chi connectivity index (χ2v) is 3.70. The van der Waals surface area contributed by atoms with Crippen molar-refractivity contribution in [2.24, 2.45) is 5.73 Å². The largest absolute Gasteiger partial charge is 0.368 e. The first kappa shape index (κ1) is 9.48. The van der Waals surface area contributed by atoms with Crippen LogP contribution in [0.15, 0.2) is 0 Å². The van der Waals surface area contributed by atoms with Crippen molar-refractivity contribution in [3.63, 3.8) is 0 Å². The third-order valence-corrected chi connectivity index (χ3v) is 2.22. The van der Waals surface area contributed by atoms with Gasteiger partial charge in [-0.1, -0.05) is 0 Å². The van der Waals surface area contributed by atoms with Gasteiger partial charge in [0.2, 0.25) is 5.91 Å². The van der Waals surface area contributed by atoms with Crippen LogP contribution in [0.3, 0.4) is 0 Å². The molecule has 0 aromatic rings. The predicted molar refractivity (Wildman–Crippen MR) is 45.6 cm³/mol. The zero-order valence-electron chi connectivity index (χ0n) is 7.59. The Hall–Kier alpha value is -0.610. The molecule has 1 heterocycles. The highest BCUT2D eigenvalue weighted by Crippen LogP contribution is 2.21. The summed E-state index contributed by atoms with van der Waals surface area (Å²) in [6.07, 6.45) is 1.05. The number of hydrogen-bond donors (Lipinski definition) is 2. The normalized spacial score (nSPS) is 27.3. The number of nitrogens with one attached hydrogen (secondary N) is 1. The minimum atomic E-state index is -0.405. The smallest absolute Gasteiger partial charge is 0.243 e. The van der Waals surface area contributed by atoms with Crippen LogP contribution in [0.5, 0.6) is 0 Å². The van der Waals surface area contributed by atoms with Gasteiger partial charge < -0.3 is 15.8 Å². The van der Waals surface area contributed by atoms with Crippen LogP contribution < -0.4 is 11.1 Å². The van der Waals surface area contributed by atoms with Crippen LogP contribution in [-0.4, -0.2) is 30.7 Å². The SMILES string of the molecule is CC1(C)NCCC1OCC(N)=O. The number of hydrogen-bond acceptors (Lipinski definition) is 3. The van der Waals surface area contributed by atoms with E-state index in [1.54, 1.807) is 0 Å². The standard InChI is InChI=1S/C8H16N2O2/c1-8(2)6(3-4-10-8)12-5-7(9)11/h6,10H,3-5H2,1-2H3,(H2,9,11). The Morgan fingerprint density at radius 2 is 2.42 bits per heavy atom. The number of carbonyl (C=O) groups is 1. The highest BCUT2D eigenvalue weighted by molar-refractivity contribution is 5.75. The topological polar surface area (TPSA) is 64.3 Å². The van der Waals surface area contributed by atoms with E-state index < -0.39 is 5.91 Å². The lowest BCUT2D eigenvalue weighted by Crippen LogP contribution is -2.43. The van der Waals surface area contributed by atoms with E-state index in [9.17, 15) is 4.79 Å². The summed E-state index contributed by atoms with van der Waals surface area (Å²) in [5, 5.41) is 3.29. The first-order valence-corrected chi connectivity index (χ1v) is 4.17. The summed E-state index contributed by atoms with van der Waals surface area (Å²) in [4.78, 5) is 10.4. The van der Waals surface area contributed by atoms with Gasteiger partial charge in [0.1, 0.15) is 6.61 Å². The second kappa shape index (κ2) is 3.41. The fourth-order valence-corrected chi connectivity index (χ4v) is 1.47. The highest BCUT2D eigenvalue weighted by Gasteiger charge is 2.34. The van der Waals surface area contributed by atoms with E-state index in [-0.39, 0.29) is 18.2 Å². The van der Waals surface area contributed by atoms with Crippen LogP contribution >= 0.6 is 0 Å². The molecule has 0 spiro atoms. The molecule has 12 heavy (non-hydrogen) atoms. The molecule has 0 aromatic heterocycles. The van der Waals surface area contributed by atoms with Crippen molar-refractivity contribution in [3.05, 3.63) is 0 Å². The lowest BCUT2D eigenvalue weighted by Gasteiger charge is -2.26. The van der Waals surface area contributed by atoms with Crippen molar-refractivity contribution in [1.82, 2.24) is 5.32 Å². The Morgan fingerprint density at radius 1 is 1.75 bits per heavy atom. The van der Waals surface area contributed by atoms with Crippen LogP contribution in [-0.2, 0) is 9.53 Å². The maximum absolute atomic E-state index is 10.4. The molecule has 4 nitrogen and oxygen atoms in total. The number of amides is 1. The molecule has 0 saturated carbocycles. The van der Waals surface area contributed by atoms with Crippen LogP contribution in [0, 0.1) is 0 Å². The monoisotopic (exact) mass is 172 g/mol. The van der Waals surface area contributed by atoms with Crippen molar-refractivity contribution in [3.8, 4) is 0 Å². The van der Waals surface area contributed by atoms with E-state index in [4.69, 9.17) is 10.5 Å². The molecule has 4 heteroatoms. The molecule has 0 aliphatic carbocycles. The molecule has 1 rings (SSSR count). The Morgan fingerprint density at radius 3 is 2.83 bits per heavy atom. The summed E-state index contributed by atoms with van der Waals surface area (Å²) in [6.45, 7) is 5.09. The molecule has 1 unspecified atom stereocenters.